The van der Waals surface area contributed by atoms with Crippen LogP contribution in [0, 0.1) is 0 Å². The van der Waals surface area contributed by atoms with Gasteiger partial charge >= 0.3 is 12.2 Å². The molecule has 1 aromatic heterocycles. The van der Waals surface area contributed by atoms with Gasteiger partial charge in [-0.05, 0) is 47.5 Å². The van der Waals surface area contributed by atoms with Gasteiger partial charge < -0.3 is 10.6 Å². The van der Waals surface area contributed by atoms with E-state index in [0.29, 0.717) is 17.6 Å². The number of urea groups is 1. The topological polar surface area (TPSA) is 114 Å². The third-order valence-electron chi connectivity index (χ3n) is 3.68. The number of halogens is 3. The number of hydrogen-bond acceptors (Lipinski definition) is 6. The molecule has 9 nitrogen and oxygen atoms in total. The van der Waals surface area contributed by atoms with Gasteiger partial charge in [0.1, 0.15) is 6.54 Å². The normalized spacial score (nSPS) is 13.9. The maximum atomic E-state index is 12.0. The number of nitrogens with zero attached hydrogens (tertiary/aromatic N) is 4. The Kier molecular flexibility index (Phi) is 5.23. The van der Waals surface area contributed by atoms with Crippen LogP contribution in [0.2, 0.25) is 0 Å². The Bertz CT molecular complexity index is 816. The molecule has 12 heteroatoms. The van der Waals surface area contributed by atoms with E-state index in [2.05, 4.69) is 20.8 Å². The van der Waals surface area contributed by atoms with E-state index in [0.717, 1.165) is 18.4 Å². The highest BCUT2D eigenvalue weighted by Crippen LogP contribution is 2.36. The molecular formula is C15H16F3N7O2. The largest absolute Gasteiger partial charge is 0.405 e. The van der Waals surface area contributed by atoms with Crippen LogP contribution in [0.15, 0.2) is 24.3 Å². The highest BCUT2D eigenvalue weighted by Gasteiger charge is 2.28. The minimum absolute atomic E-state index is 0.279. The second-order valence-corrected chi connectivity index (χ2v) is 5.96. The highest BCUT2D eigenvalue weighted by atomic mass is 19.4. The maximum absolute atomic E-state index is 12.0. The van der Waals surface area contributed by atoms with Gasteiger partial charge in [-0.3, -0.25) is 10.1 Å². The Morgan fingerprint density at radius 1 is 1.19 bits per heavy atom. The van der Waals surface area contributed by atoms with Crippen molar-refractivity contribution in [1.82, 2.24) is 30.8 Å². The molecule has 0 radical (unpaired) electrons. The van der Waals surface area contributed by atoms with Crippen LogP contribution < -0.4 is 16.0 Å². The number of amides is 3. The minimum Gasteiger partial charge on any atom is -0.376 e. The van der Waals surface area contributed by atoms with Gasteiger partial charge in [-0.25, -0.2) is 9.48 Å². The number of hydrogen-bond donors (Lipinski definition) is 3. The van der Waals surface area contributed by atoms with Crippen molar-refractivity contribution in [2.45, 2.75) is 25.1 Å². The van der Waals surface area contributed by atoms with E-state index in [1.54, 1.807) is 39.6 Å². The van der Waals surface area contributed by atoms with Crippen LogP contribution in [0.3, 0.4) is 0 Å². The molecular weight excluding hydrogens is 367 g/mol. The first-order valence-electron chi connectivity index (χ1n) is 8.08. The first-order chi connectivity index (χ1) is 12.8. The van der Waals surface area contributed by atoms with E-state index in [9.17, 15) is 22.8 Å². The molecule has 0 spiro atoms. The Labute approximate surface area is 151 Å². The van der Waals surface area contributed by atoms with Gasteiger partial charge in [0.15, 0.2) is 5.82 Å². The third-order valence-corrected chi connectivity index (χ3v) is 3.68. The summed E-state index contributed by atoms with van der Waals surface area (Å²) in [5, 5.41) is 17.8. The van der Waals surface area contributed by atoms with Crippen LogP contribution in [0.25, 0.3) is 11.4 Å². The van der Waals surface area contributed by atoms with Gasteiger partial charge in [0.05, 0.1) is 12.6 Å². The molecule has 0 atom stereocenters. The molecule has 1 heterocycles. The molecule has 144 valence electrons. The number of rotatable bonds is 6. The number of alkyl halides is 3. The summed E-state index contributed by atoms with van der Waals surface area (Å²) in [6.45, 7) is -1.79. The standard InChI is InChI=1S/C15H16F3N7O2/c16-15(17,18)8-20-14(27)21-12(26)7-19-10-3-1-9(2-4-10)13-22-23-24-25(13)11-5-6-11/h1-4,11,19H,5-8H2,(H2,20,21,26,27). The van der Waals surface area contributed by atoms with Crippen LogP contribution in [0.1, 0.15) is 18.9 Å². The van der Waals surface area contributed by atoms with Gasteiger partial charge in [0, 0.05) is 11.3 Å². The molecule has 3 amide bonds. The van der Waals surface area contributed by atoms with Crippen molar-refractivity contribution in [2.24, 2.45) is 0 Å². The van der Waals surface area contributed by atoms with Crippen molar-refractivity contribution < 1.29 is 22.8 Å². The number of imide groups is 1. The van der Waals surface area contributed by atoms with Crippen molar-refractivity contribution in [3.8, 4) is 11.4 Å². The van der Waals surface area contributed by atoms with Crippen LogP contribution in [0.4, 0.5) is 23.7 Å². The summed E-state index contributed by atoms with van der Waals surface area (Å²) >= 11 is 0. The SMILES string of the molecule is O=C(CNc1ccc(-c2nnnn2C2CC2)cc1)NC(=O)NCC(F)(F)F. The molecule has 0 aliphatic heterocycles. The number of nitrogens with one attached hydrogen (secondary N) is 3. The van der Waals surface area contributed by atoms with E-state index in [1.165, 1.54) is 0 Å². The third kappa shape index (κ3) is 5.39. The number of anilines is 1. The lowest BCUT2D eigenvalue weighted by molar-refractivity contribution is -0.124. The lowest BCUT2D eigenvalue weighted by Gasteiger charge is -2.10. The first kappa shape index (κ1) is 18.6. The highest BCUT2D eigenvalue weighted by molar-refractivity contribution is 5.96. The van der Waals surface area contributed by atoms with Gasteiger partial charge in [-0.15, -0.1) is 5.10 Å². The predicted octanol–water partition coefficient (Wildman–Crippen LogP) is 1.47. The second kappa shape index (κ2) is 7.60. The van der Waals surface area contributed by atoms with E-state index < -0.39 is 24.7 Å². The fraction of sp³-hybridized carbons (Fsp3) is 0.400. The zero-order valence-electron chi connectivity index (χ0n) is 14.0. The van der Waals surface area contributed by atoms with Crippen LogP contribution >= 0.6 is 0 Å². The van der Waals surface area contributed by atoms with Crippen LogP contribution in [-0.2, 0) is 4.79 Å². The first-order valence-corrected chi connectivity index (χ1v) is 8.08. The predicted molar refractivity (Wildman–Crippen MR) is 87.6 cm³/mol. The number of carbonyl (C=O) groups excluding carboxylic acids is 2. The van der Waals surface area contributed by atoms with Crippen molar-refractivity contribution in [3.05, 3.63) is 24.3 Å². The molecule has 27 heavy (non-hydrogen) atoms. The average molecular weight is 383 g/mol. The van der Waals surface area contributed by atoms with Gasteiger partial charge in [-0.2, -0.15) is 13.2 Å². The Morgan fingerprint density at radius 3 is 2.52 bits per heavy atom. The van der Waals surface area contributed by atoms with Crippen molar-refractivity contribution in [3.63, 3.8) is 0 Å². The molecule has 3 rings (SSSR count). The summed E-state index contributed by atoms with van der Waals surface area (Å²) < 4.78 is 37.7. The Hall–Kier alpha value is -3.18. The fourth-order valence-electron chi connectivity index (χ4n) is 2.26. The lowest BCUT2D eigenvalue weighted by Crippen LogP contribution is -2.45. The van der Waals surface area contributed by atoms with Gasteiger partial charge in [0.25, 0.3) is 0 Å². The number of tetrazole rings is 1. The van der Waals surface area contributed by atoms with E-state index in [1.807, 2.05) is 0 Å². The van der Waals surface area contributed by atoms with Crippen molar-refractivity contribution >= 4 is 17.6 Å². The molecule has 1 aromatic carbocycles. The quantitative estimate of drug-likeness (QED) is 0.696. The lowest BCUT2D eigenvalue weighted by atomic mass is 10.2. The Balaban J connectivity index is 1.48. The summed E-state index contributed by atoms with van der Waals surface area (Å²) in [5.41, 5.74) is 1.41. The zero-order chi connectivity index (χ0) is 19.4. The van der Waals surface area contributed by atoms with Crippen molar-refractivity contribution in [1.29, 1.82) is 0 Å². The molecule has 0 bridgehead atoms. The zero-order valence-corrected chi connectivity index (χ0v) is 14.0. The minimum atomic E-state index is -4.54. The second-order valence-electron chi connectivity index (χ2n) is 5.96. The number of benzene rings is 1. The van der Waals surface area contributed by atoms with Crippen LogP contribution in [-0.4, -0.2) is 51.4 Å². The molecule has 2 aromatic rings. The van der Waals surface area contributed by atoms with Gasteiger partial charge in [0.2, 0.25) is 5.91 Å². The molecule has 0 unspecified atom stereocenters. The molecule has 1 saturated carbocycles. The maximum Gasteiger partial charge on any atom is 0.405 e. The summed E-state index contributed by atoms with van der Waals surface area (Å²) in [5.74, 6) is -0.112. The molecule has 1 aliphatic rings. The van der Waals surface area contributed by atoms with Crippen LogP contribution in [0.5, 0.6) is 0 Å². The number of aromatic nitrogens is 4. The van der Waals surface area contributed by atoms with E-state index in [-0.39, 0.29) is 6.54 Å². The summed E-state index contributed by atoms with van der Waals surface area (Å²) in [6.07, 6.45) is -2.45. The van der Waals surface area contributed by atoms with Gasteiger partial charge in [-0.1, -0.05) is 0 Å². The van der Waals surface area contributed by atoms with Crippen molar-refractivity contribution in [2.75, 3.05) is 18.4 Å². The molecule has 1 aliphatic carbocycles. The Morgan fingerprint density at radius 2 is 1.89 bits per heavy atom. The molecule has 0 saturated heterocycles. The fourth-order valence-corrected chi connectivity index (χ4v) is 2.26. The number of carbonyl (C=O) groups is 2. The molecule has 3 N–H and O–H groups in total. The monoisotopic (exact) mass is 383 g/mol. The molecule has 1 fully saturated rings. The smallest absolute Gasteiger partial charge is 0.376 e. The summed E-state index contributed by atoms with van der Waals surface area (Å²) in [4.78, 5) is 22.8. The van der Waals surface area contributed by atoms with E-state index >= 15 is 0 Å². The summed E-state index contributed by atoms with van der Waals surface area (Å²) in [7, 11) is 0. The van der Waals surface area contributed by atoms with E-state index in [4.69, 9.17) is 0 Å². The average Bonchev–Trinajstić information content (AvgIpc) is 3.35. The summed E-state index contributed by atoms with van der Waals surface area (Å²) in [6, 6.07) is 6.10.